The monoisotopic (exact) mass is 169 g/mol. The molecule has 0 spiro atoms. The predicted molar refractivity (Wildman–Crippen MR) is 43.3 cm³/mol. The summed E-state index contributed by atoms with van der Waals surface area (Å²) in [6, 6.07) is 0. The molecule has 4 aliphatic rings. The van der Waals surface area contributed by atoms with Gasteiger partial charge in [0, 0.05) is 18.4 Å². The van der Waals surface area contributed by atoms with E-state index in [2.05, 4.69) is 0 Å². The Labute approximate surface area is 71.9 Å². The van der Waals surface area contributed by atoms with E-state index in [9.17, 15) is 5.11 Å². The minimum atomic E-state index is -0.862. The average Bonchev–Trinajstić information content (AvgIpc) is 1.75. The third-order valence-electron chi connectivity index (χ3n) is 3.55. The van der Waals surface area contributed by atoms with Crippen molar-refractivity contribution in [2.75, 3.05) is 0 Å². The molecule has 2 saturated carbocycles. The van der Waals surface area contributed by atoms with Crippen LogP contribution >= 0.6 is 0 Å². The molecule has 4 bridgehead atoms. The summed E-state index contributed by atoms with van der Waals surface area (Å²) < 4.78 is 5.55. The van der Waals surface area contributed by atoms with E-state index in [1.807, 2.05) is 0 Å². The van der Waals surface area contributed by atoms with Crippen molar-refractivity contribution in [1.82, 2.24) is 0 Å². The average molecular weight is 169 g/mol. The van der Waals surface area contributed by atoms with Crippen molar-refractivity contribution in [3.8, 4) is 0 Å². The van der Waals surface area contributed by atoms with Crippen LogP contribution in [0.1, 0.15) is 32.1 Å². The molecule has 12 heavy (non-hydrogen) atoms. The lowest BCUT2D eigenvalue weighted by Gasteiger charge is -2.58. The number of aliphatic hydroxyl groups is 1. The van der Waals surface area contributed by atoms with E-state index in [-0.39, 0.29) is 11.6 Å². The molecule has 2 aliphatic carbocycles. The number of rotatable bonds is 0. The quantitative estimate of drug-likeness (QED) is 0.550. The minimum absolute atomic E-state index is 0.112. The molecule has 3 N–H and O–H groups in total. The summed E-state index contributed by atoms with van der Waals surface area (Å²) in [5.41, 5.74) is 6.05. The number of nitrogens with two attached hydrogens (primary N) is 1. The summed E-state index contributed by atoms with van der Waals surface area (Å²) in [5.74, 6) is -0.250. The van der Waals surface area contributed by atoms with E-state index >= 15 is 0 Å². The van der Waals surface area contributed by atoms with Crippen LogP contribution in [0, 0.1) is 5.92 Å². The molecule has 4 fully saturated rings. The Hall–Kier alpha value is -0.120. The van der Waals surface area contributed by atoms with Gasteiger partial charge in [0.25, 0.3) is 0 Å². The Morgan fingerprint density at radius 1 is 1.33 bits per heavy atom. The zero-order valence-electron chi connectivity index (χ0n) is 7.12. The van der Waals surface area contributed by atoms with Crippen molar-refractivity contribution in [3.63, 3.8) is 0 Å². The van der Waals surface area contributed by atoms with Crippen LogP contribution in [-0.2, 0) is 4.74 Å². The third kappa shape index (κ3) is 0.873. The van der Waals surface area contributed by atoms with Crippen molar-refractivity contribution < 1.29 is 9.84 Å². The van der Waals surface area contributed by atoms with Crippen molar-refractivity contribution >= 4 is 0 Å². The predicted octanol–water partition coefficient (Wildman–Crippen LogP) is 0.365. The first-order valence-corrected chi connectivity index (χ1v) is 4.76. The molecular weight excluding hydrogens is 154 g/mol. The number of hydrogen-bond acceptors (Lipinski definition) is 3. The molecule has 68 valence electrons. The molecule has 4 rings (SSSR count). The first-order valence-electron chi connectivity index (χ1n) is 4.76. The molecule has 2 saturated heterocycles. The van der Waals surface area contributed by atoms with Crippen LogP contribution in [0.5, 0.6) is 0 Å². The van der Waals surface area contributed by atoms with Gasteiger partial charge in [-0.2, -0.15) is 0 Å². The second-order valence-electron chi connectivity index (χ2n) is 4.94. The van der Waals surface area contributed by atoms with E-state index < -0.39 is 5.79 Å². The topological polar surface area (TPSA) is 55.5 Å². The number of ether oxygens (including phenoxy) is 1. The minimum Gasteiger partial charge on any atom is -0.365 e. The maximum atomic E-state index is 9.97. The first-order chi connectivity index (χ1) is 5.57. The molecule has 0 aromatic rings. The third-order valence-corrected chi connectivity index (χ3v) is 3.55. The largest absolute Gasteiger partial charge is 0.365 e. The molecule has 0 aromatic heterocycles. The molecule has 2 aliphatic heterocycles. The molecule has 3 heteroatoms. The van der Waals surface area contributed by atoms with Gasteiger partial charge < -0.3 is 15.6 Å². The van der Waals surface area contributed by atoms with Crippen LogP contribution in [0.3, 0.4) is 0 Å². The van der Waals surface area contributed by atoms with Crippen LogP contribution in [0.25, 0.3) is 0 Å². The van der Waals surface area contributed by atoms with E-state index in [4.69, 9.17) is 10.5 Å². The first kappa shape index (κ1) is 7.30. The standard InChI is InChI=1S/C9H15NO2/c10-8-2-6-1-7(4-8)12-9(11,3-6)5-8/h6-7,11H,1-5,10H2. The van der Waals surface area contributed by atoms with Gasteiger partial charge in [0.2, 0.25) is 0 Å². The molecule has 3 nitrogen and oxygen atoms in total. The van der Waals surface area contributed by atoms with Crippen molar-refractivity contribution in [2.45, 2.75) is 49.5 Å². The summed E-state index contributed by atoms with van der Waals surface area (Å²) in [7, 11) is 0. The summed E-state index contributed by atoms with van der Waals surface area (Å²) in [6.45, 7) is 0. The fraction of sp³-hybridized carbons (Fsp3) is 1.00. The number of hydrogen-bond donors (Lipinski definition) is 2. The van der Waals surface area contributed by atoms with Crippen LogP contribution in [-0.4, -0.2) is 22.5 Å². The second-order valence-corrected chi connectivity index (χ2v) is 4.94. The Balaban J connectivity index is 1.98. The van der Waals surface area contributed by atoms with E-state index in [0.717, 1.165) is 25.7 Å². The lowest BCUT2D eigenvalue weighted by molar-refractivity contribution is -0.320. The fourth-order valence-corrected chi connectivity index (χ4v) is 3.51. The van der Waals surface area contributed by atoms with E-state index in [1.54, 1.807) is 0 Å². The Morgan fingerprint density at radius 2 is 2.17 bits per heavy atom. The van der Waals surface area contributed by atoms with E-state index in [1.165, 1.54) is 0 Å². The zero-order valence-corrected chi connectivity index (χ0v) is 7.12. The van der Waals surface area contributed by atoms with Gasteiger partial charge in [-0.15, -0.1) is 0 Å². The summed E-state index contributed by atoms with van der Waals surface area (Å²) in [6.07, 6.45) is 4.85. The van der Waals surface area contributed by atoms with Gasteiger partial charge in [-0.3, -0.25) is 0 Å². The molecule has 0 amide bonds. The Morgan fingerprint density at radius 3 is 2.75 bits per heavy atom. The van der Waals surface area contributed by atoms with Crippen LogP contribution in [0.2, 0.25) is 0 Å². The summed E-state index contributed by atoms with van der Waals surface area (Å²) in [5, 5.41) is 9.97. The van der Waals surface area contributed by atoms with Crippen molar-refractivity contribution in [1.29, 1.82) is 0 Å². The van der Waals surface area contributed by atoms with Crippen LogP contribution in [0.4, 0.5) is 0 Å². The molecular formula is C9H15NO2. The van der Waals surface area contributed by atoms with Gasteiger partial charge in [-0.1, -0.05) is 0 Å². The highest BCUT2D eigenvalue weighted by molar-refractivity contribution is 5.07. The van der Waals surface area contributed by atoms with E-state index in [0.29, 0.717) is 12.3 Å². The molecule has 4 unspecified atom stereocenters. The van der Waals surface area contributed by atoms with Gasteiger partial charge in [0.1, 0.15) is 0 Å². The SMILES string of the molecule is NC12CC3CC(C1)OC(O)(C3)C2. The van der Waals surface area contributed by atoms with Gasteiger partial charge in [-0.05, 0) is 25.2 Å². The van der Waals surface area contributed by atoms with Crippen molar-refractivity contribution in [2.24, 2.45) is 11.7 Å². The highest BCUT2D eigenvalue weighted by Gasteiger charge is 2.56. The smallest absolute Gasteiger partial charge is 0.167 e. The van der Waals surface area contributed by atoms with Gasteiger partial charge in [0.15, 0.2) is 5.79 Å². The molecule has 0 radical (unpaired) electrons. The summed E-state index contributed by atoms with van der Waals surface area (Å²) in [4.78, 5) is 0. The lowest BCUT2D eigenvalue weighted by Crippen LogP contribution is -2.65. The van der Waals surface area contributed by atoms with Gasteiger partial charge in [-0.25, -0.2) is 0 Å². The highest BCUT2D eigenvalue weighted by Crippen LogP contribution is 2.52. The maximum absolute atomic E-state index is 9.97. The zero-order chi connectivity index (χ0) is 8.40. The normalized spacial score (nSPS) is 62.5. The van der Waals surface area contributed by atoms with Crippen molar-refractivity contribution in [3.05, 3.63) is 0 Å². The Kier molecular flexibility index (Phi) is 1.13. The van der Waals surface area contributed by atoms with Crippen LogP contribution < -0.4 is 5.73 Å². The maximum Gasteiger partial charge on any atom is 0.167 e. The molecule has 4 atom stereocenters. The van der Waals surface area contributed by atoms with Gasteiger partial charge in [0.05, 0.1) is 6.10 Å². The molecule has 2 heterocycles. The lowest BCUT2D eigenvalue weighted by atomic mass is 9.62. The summed E-state index contributed by atoms with van der Waals surface area (Å²) >= 11 is 0. The highest BCUT2D eigenvalue weighted by atomic mass is 16.6. The molecule has 0 aromatic carbocycles. The Bertz CT molecular complexity index is 195. The van der Waals surface area contributed by atoms with Crippen LogP contribution in [0.15, 0.2) is 0 Å². The second kappa shape index (κ2) is 1.86. The fourth-order valence-electron chi connectivity index (χ4n) is 3.51. The van der Waals surface area contributed by atoms with Gasteiger partial charge >= 0.3 is 0 Å².